The summed E-state index contributed by atoms with van der Waals surface area (Å²) in [7, 11) is 4.84. The van der Waals surface area contributed by atoms with Crippen molar-refractivity contribution < 1.29 is 19.1 Å². The quantitative estimate of drug-likeness (QED) is 0.598. The van der Waals surface area contributed by atoms with Gasteiger partial charge >= 0.3 is 5.97 Å². The first-order valence-corrected chi connectivity index (χ1v) is 7.20. The maximum atomic E-state index is 12.0. The molecular weight excluding hydrogens is 300 g/mol. The summed E-state index contributed by atoms with van der Waals surface area (Å²) in [4.78, 5) is 40.6. The molecule has 0 spiro atoms. The topological polar surface area (TPSA) is 93.5 Å². The highest BCUT2D eigenvalue weighted by Gasteiger charge is 2.40. The highest BCUT2D eigenvalue weighted by Crippen LogP contribution is 2.35. The molecule has 2 atom stereocenters. The van der Waals surface area contributed by atoms with Gasteiger partial charge in [0.05, 0.1) is 13.2 Å². The largest absolute Gasteiger partial charge is 0.466 e. The SMILES string of the molecule is COC(=O)/C=C/C(=O)NC[C@@H]1CC(=O)N(C)[C@H]1c1nccn1C. The van der Waals surface area contributed by atoms with Crippen LogP contribution in [0, 0.1) is 5.92 Å². The number of aryl methyl sites for hydroxylation is 1. The Balaban J connectivity index is 2.02. The van der Waals surface area contributed by atoms with Gasteiger partial charge in [0, 0.05) is 57.5 Å². The van der Waals surface area contributed by atoms with Crippen molar-refractivity contribution in [3.63, 3.8) is 0 Å². The number of nitrogens with zero attached hydrogens (tertiary/aromatic N) is 3. The number of ether oxygens (including phenoxy) is 1. The van der Waals surface area contributed by atoms with E-state index in [4.69, 9.17) is 0 Å². The van der Waals surface area contributed by atoms with E-state index in [1.54, 1.807) is 18.1 Å². The number of likely N-dealkylation sites (tertiary alicyclic amines) is 1. The summed E-state index contributed by atoms with van der Waals surface area (Å²) in [6.07, 6.45) is 6.01. The summed E-state index contributed by atoms with van der Waals surface area (Å²) >= 11 is 0. The maximum absolute atomic E-state index is 12.0. The Kier molecular flexibility index (Phi) is 5.15. The first-order chi connectivity index (χ1) is 10.9. The lowest BCUT2D eigenvalue weighted by atomic mass is 9.99. The summed E-state index contributed by atoms with van der Waals surface area (Å²) in [5, 5.41) is 2.71. The van der Waals surface area contributed by atoms with Crippen LogP contribution in [0.5, 0.6) is 0 Å². The zero-order valence-electron chi connectivity index (χ0n) is 13.4. The van der Waals surface area contributed by atoms with E-state index in [0.29, 0.717) is 13.0 Å². The van der Waals surface area contributed by atoms with E-state index in [1.807, 2.05) is 17.8 Å². The van der Waals surface area contributed by atoms with Crippen LogP contribution < -0.4 is 5.32 Å². The minimum atomic E-state index is -0.596. The minimum Gasteiger partial charge on any atom is -0.466 e. The highest BCUT2D eigenvalue weighted by atomic mass is 16.5. The average molecular weight is 320 g/mol. The van der Waals surface area contributed by atoms with Gasteiger partial charge in [-0.25, -0.2) is 9.78 Å². The van der Waals surface area contributed by atoms with E-state index in [0.717, 1.165) is 18.0 Å². The Morgan fingerprint density at radius 2 is 2.17 bits per heavy atom. The Hall–Kier alpha value is -2.64. The smallest absolute Gasteiger partial charge is 0.330 e. The second-order valence-corrected chi connectivity index (χ2v) is 5.41. The molecule has 1 aliphatic heterocycles. The van der Waals surface area contributed by atoms with E-state index in [-0.39, 0.29) is 17.9 Å². The molecule has 1 fully saturated rings. The van der Waals surface area contributed by atoms with Gasteiger partial charge in [-0.05, 0) is 0 Å². The van der Waals surface area contributed by atoms with Gasteiger partial charge in [-0.2, -0.15) is 0 Å². The number of amides is 2. The normalized spacial score (nSPS) is 21.0. The third-order valence-electron chi connectivity index (χ3n) is 3.93. The number of hydrogen-bond donors (Lipinski definition) is 1. The average Bonchev–Trinajstić information content (AvgIpc) is 3.06. The predicted molar refractivity (Wildman–Crippen MR) is 81.0 cm³/mol. The van der Waals surface area contributed by atoms with Gasteiger partial charge in [0.25, 0.3) is 0 Å². The van der Waals surface area contributed by atoms with E-state index >= 15 is 0 Å². The van der Waals surface area contributed by atoms with Crippen molar-refractivity contribution >= 4 is 17.8 Å². The zero-order valence-corrected chi connectivity index (χ0v) is 13.4. The molecule has 1 saturated heterocycles. The van der Waals surface area contributed by atoms with Crippen LogP contribution in [0.2, 0.25) is 0 Å². The molecule has 1 aromatic heterocycles. The van der Waals surface area contributed by atoms with Crippen LogP contribution in [0.4, 0.5) is 0 Å². The lowest BCUT2D eigenvalue weighted by molar-refractivity contribution is -0.135. The van der Waals surface area contributed by atoms with E-state index in [9.17, 15) is 14.4 Å². The summed E-state index contributed by atoms with van der Waals surface area (Å²) in [5.41, 5.74) is 0. The second-order valence-electron chi connectivity index (χ2n) is 5.41. The van der Waals surface area contributed by atoms with Crippen LogP contribution in [-0.4, -0.2) is 52.9 Å². The van der Waals surface area contributed by atoms with Crippen LogP contribution in [0.25, 0.3) is 0 Å². The lowest BCUT2D eigenvalue weighted by Gasteiger charge is -2.24. The molecule has 0 aromatic carbocycles. The summed E-state index contributed by atoms with van der Waals surface area (Å²) < 4.78 is 6.28. The summed E-state index contributed by atoms with van der Waals surface area (Å²) in [6.45, 7) is 0.317. The fourth-order valence-electron chi connectivity index (χ4n) is 2.68. The fraction of sp³-hybridized carbons (Fsp3) is 0.467. The molecule has 2 amide bonds. The molecule has 0 aliphatic carbocycles. The maximum Gasteiger partial charge on any atom is 0.330 e. The van der Waals surface area contributed by atoms with Crippen LogP contribution in [-0.2, 0) is 26.2 Å². The van der Waals surface area contributed by atoms with Gasteiger partial charge in [0.2, 0.25) is 11.8 Å². The molecule has 8 nitrogen and oxygen atoms in total. The number of carbonyl (C=O) groups is 3. The Morgan fingerprint density at radius 1 is 1.43 bits per heavy atom. The van der Waals surface area contributed by atoms with Gasteiger partial charge in [0.1, 0.15) is 5.82 Å². The molecule has 23 heavy (non-hydrogen) atoms. The number of methoxy groups -OCH3 is 1. The summed E-state index contributed by atoms with van der Waals surface area (Å²) in [5.74, 6) is -0.285. The molecule has 0 unspecified atom stereocenters. The van der Waals surface area contributed by atoms with Gasteiger partial charge in [0.15, 0.2) is 0 Å². The molecule has 8 heteroatoms. The van der Waals surface area contributed by atoms with Crippen molar-refractivity contribution in [1.82, 2.24) is 19.8 Å². The zero-order chi connectivity index (χ0) is 17.0. The monoisotopic (exact) mass is 320 g/mol. The molecule has 2 rings (SSSR count). The van der Waals surface area contributed by atoms with E-state index < -0.39 is 11.9 Å². The van der Waals surface area contributed by atoms with Crippen molar-refractivity contribution in [2.45, 2.75) is 12.5 Å². The van der Waals surface area contributed by atoms with Crippen molar-refractivity contribution in [2.24, 2.45) is 13.0 Å². The van der Waals surface area contributed by atoms with Crippen molar-refractivity contribution in [1.29, 1.82) is 0 Å². The third kappa shape index (κ3) is 3.77. The molecule has 1 N–H and O–H groups in total. The predicted octanol–water partition coefficient (Wildman–Crippen LogP) is -0.215. The number of hydrogen-bond acceptors (Lipinski definition) is 5. The number of rotatable bonds is 5. The van der Waals surface area contributed by atoms with Crippen molar-refractivity contribution in [3.8, 4) is 0 Å². The first kappa shape index (κ1) is 16.7. The van der Waals surface area contributed by atoms with Crippen molar-refractivity contribution in [3.05, 3.63) is 30.4 Å². The molecule has 0 bridgehead atoms. The fourth-order valence-corrected chi connectivity index (χ4v) is 2.68. The van der Waals surface area contributed by atoms with Gasteiger partial charge in [-0.3, -0.25) is 9.59 Å². The number of carbonyl (C=O) groups excluding carboxylic acids is 3. The van der Waals surface area contributed by atoms with Gasteiger partial charge in [-0.1, -0.05) is 0 Å². The second kappa shape index (κ2) is 7.08. The van der Waals surface area contributed by atoms with Crippen LogP contribution in [0.15, 0.2) is 24.5 Å². The van der Waals surface area contributed by atoms with Gasteiger partial charge < -0.3 is 19.5 Å². The molecule has 0 radical (unpaired) electrons. The number of nitrogens with one attached hydrogen (secondary N) is 1. The van der Waals surface area contributed by atoms with Crippen LogP contribution in [0.3, 0.4) is 0 Å². The van der Waals surface area contributed by atoms with Crippen LogP contribution in [0.1, 0.15) is 18.3 Å². The molecule has 124 valence electrons. The van der Waals surface area contributed by atoms with Crippen LogP contribution >= 0.6 is 0 Å². The molecule has 2 heterocycles. The Labute approximate surface area is 134 Å². The van der Waals surface area contributed by atoms with E-state index in [1.165, 1.54) is 7.11 Å². The van der Waals surface area contributed by atoms with Crippen molar-refractivity contribution in [2.75, 3.05) is 20.7 Å². The lowest BCUT2D eigenvalue weighted by Crippen LogP contribution is -2.33. The third-order valence-corrected chi connectivity index (χ3v) is 3.93. The Bertz CT molecular complexity index is 637. The molecule has 1 aliphatic rings. The number of imidazole rings is 1. The Morgan fingerprint density at radius 3 is 2.78 bits per heavy atom. The molecular formula is C15H20N4O4. The first-order valence-electron chi connectivity index (χ1n) is 7.20. The molecule has 1 aromatic rings. The minimum absolute atomic E-state index is 0.0161. The number of esters is 1. The highest BCUT2D eigenvalue weighted by molar-refractivity contribution is 5.94. The summed E-state index contributed by atoms with van der Waals surface area (Å²) in [6, 6.07) is -0.188. The number of aromatic nitrogens is 2. The van der Waals surface area contributed by atoms with Gasteiger partial charge in [-0.15, -0.1) is 0 Å². The molecule has 0 saturated carbocycles. The van der Waals surface area contributed by atoms with E-state index in [2.05, 4.69) is 15.0 Å². The standard InChI is InChI=1S/C15H20N4O4/c1-18-7-6-16-15(18)14-10(8-12(21)19(14)2)9-17-11(20)4-5-13(22)23-3/h4-7,10,14H,8-9H2,1-3H3,(H,17,20)/b5-4+/t10-,14+/m0/s1.